The number of halogens is 1. The van der Waals surface area contributed by atoms with Gasteiger partial charge in [0.2, 0.25) is 5.95 Å². The van der Waals surface area contributed by atoms with Gasteiger partial charge in [-0.25, -0.2) is 9.37 Å². The lowest BCUT2D eigenvalue weighted by Crippen LogP contribution is -2.20. The van der Waals surface area contributed by atoms with E-state index in [9.17, 15) is 9.18 Å². The number of hydrogen-bond acceptors (Lipinski definition) is 4. The smallest absolute Gasteiger partial charge is 0.252 e. The van der Waals surface area contributed by atoms with Gasteiger partial charge in [0.25, 0.3) is 5.56 Å². The molecular formula is C17H17FN4O. The Morgan fingerprint density at radius 2 is 2.09 bits per heavy atom. The van der Waals surface area contributed by atoms with Gasteiger partial charge in [0.1, 0.15) is 11.5 Å². The van der Waals surface area contributed by atoms with Gasteiger partial charge < -0.3 is 5.32 Å². The molecule has 0 unspecified atom stereocenters. The van der Waals surface area contributed by atoms with Gasteiger partial charge in [0.15, 0.2) is 0 Å². The second kappa shape index (κ2) is 6.16. The van der Waals surface area contributed by atoms with E-state index in [0.29, 0.717) is 29.4 Å². The van der Waals surface area contributed by atoms with Gasteiger partial charge in [-0.05, 0) is 37.1 Å². The summed E-state index contributed by atoms with van der Waals surface area (Å²) >= 11 is 0. The second-order valence-corrected chi connectivity index (χ2v) is 5.38. The third-order valence-electron chi connectivity index (χ3n) is 3.60. The Hall–Kier alpha value is -2.76. The van der Waals surface area contributed by atoms with Crippen molar-refractivity contribution in [3.05, 3.63) is 58.3 Å². The van der Waals surface area contributed by atoms with E-state index in [1.54, 1.807) is 35.9 Å². The fourth-order valence-electron chi connectivity index (χ4n) is 2.37. The fourth-order valence-corrected chi connectivity index (χ4v) is 2.37. The molecule has 2 aromatic heterocycles. The highest BCUT2D eigenvalue weighted by Crippen LogP contribution is 2.18. The van der Waals surface area contributed by atoms with Gasteiger partial charge in [-0.1, -0.05) is 13.0 Å². The predicted octanol–water partition coefficient (Wildman–Crippen LogP) is 3.39. The molecule has 0 aliphatic carbocycles. The number of aryl methyl sites for hydroxylation is 2. The van der Waals surface area contributed by atoms with E-state index in [1.807, 2.05) is 6.92 Å². The van der Waals surface area contributed by atoms with Crippen molar-refractivity contribution in [3.63, 3.8) is 0 Å². The van der Waals surface area contributed by atoms with E-state index >= 15 is 0 Å². The molecule has 0 atom stereocenters. The van der Waals surface area contributed by atoms with Gasteiger partial charge in [-0.3, -0.25) is 9.36 Å². The number of rotatable bonds is 4. The van der Waals surface area contributed by atoms with Crippen molar-refractivity contribution in [2.24, 2.45) is 0 Å². The largest absolute Gasteiger partial charge is 0.324 e. The summed E-state index contributed by atoms with van der Waals surface area (Å²) in [5.41, 5.74) is 1.62. The summed E-state index contributed by atoms with van der Waals surface area (Å²) in [6, 6.07) is 8.07. The van der Waals surface area contributed by atoms with E-state index in [2.05, 4.69) is 15.3 Å². The van der Waals surface area contributed by atoms with Crippen molar-refractivity contribution in [3.8, 4) is 0 Å². The zero-order chi connectivity index (χ0) is 16.4. The molecule has 5 nitrogen and oxygen atoms in total. The van der Waals surface area contributed by atoms with Crippen molar-refractivity contribution in [1.82, 2.24) is 14.5 Å². The number of nitrogens with one attached hydrogen (secondary N) is 1. The number of pyridine rings is 1. The fraction of sp³-hybridized carbons (Fsp3) is 0.235. The first-order chi connectivity index (χ1) is 11.1. The molecule has 0 fully saturated rings. The third-order valence-corrected chi connectivity index (χ3v) is 3.60. The normalized spacial score (nSPS) is 10.9. The summed E-state index contributed by atoms with van der Waals surface area (Å²) in [5.74, 6) is 0.0369. The van der Waals surface area contributed by atoms with Crippen LogP contribution in [-0.2, 0) is 6.54 Å². The minimum absolute atomic E-state index is 0.0922. The summed E-state index contributed by atoms with van der Waals surface area (Å²) in [6.45, 7) is 4.29. The van der Waals surface area contributed by atoms with Crippen LogP contribution < -0.4 is 10.9 Å². The molecule has 0 spiro atoms. The number of benzene rings is 1. The average molecular weight is 312 g/mol. The molecule has 0 bridgehead atoms. The lowest BCUT2D eigenvalue weighted by atomic mass is 10.2. The monoisotopic (exact) mass is 312 g/mol. The molecule has 118 valence electrons. The molecule has 0 aliphatic heterocycles. The summed E-state index contributed by atoms with van der Waals surface area (Å²) < 4.78 is 15.2. The van der Waals surface area contributed by atoms with E-state index in [0.717, 1.165) is 11.8 Å². The molecule has 3 aromatic rings. The summed E-state index contributed by atoms with van der Waals surface area (Å²) in [4.78, 5) is 20.7. The van der Waals surface area contributed by atoms with Crippen LogP contribution in [0.2, 0.25) is 0 Å². The molecule has 2 heterocycles. The van der Waals surface area contributed by atoms with Crippen LogP contribution in [0.3, 0.4) is 0 Å². The molecule has 6 heteroatoms. The van der Waals surface area contributed by atoms with Gasteiger partial charge >= 0.3 is 0 Å². The Morgan fingerprint density at radius 3 is 2.83 bits per heavy atom. The number of fused-ring (bicyclic) bond motifs is 1. The average Bonchev–Trinajstić information content (AvgIpc) is 2.54. The predicted molar refractivity (Wildman–Crippen MR) is 88.5 cm³/mol. The van der Waals surface area contributed by atoms with E-state index < -0.39 is 0 Å². The highest BCUT2D eigenvalue weighted by Gasteiger charge is 2.07. The van der Waals surface area contributed by atoms with E-state index in [4.69, 9.17) is 0 Å². The van der Waals surface area contributed by atoms with Gasteiger partial charge in [-0.15, -0.1) is 0 Å². The van der Waals surface area contributed by atoms with Gasteiger partial charge in [-0.2, -0.15) is 4.98 Å². The van der Waals surface area contributed by atoms with Gasteiger partial charge in [0.05, 0.1) is 0 Å². The lowest BCUT2D eigenvalue weighted by Gasteiger charge is -2.10. The molecule has 23 heavy (non-hydrogen) atoms. The third kappa shape index (κ3) is 3.06. The zero-order valence-electron chi connectivity index (χ0n) is 13.0. The Kier molecular flexibility index (Phi) is 4.06. The maximum atomic E-state index is 13.6. The maximum absolute atomic E-state index is 13.6. The van der Waals surface area contributed by atoms with Gasteiger partial charge in [0, 0.05) is 29.9 Å². The van der Waals surface area contributed by atoms with Crippen LogP contribution in [-0.4, -0.2) is 14.5 Å². The van der Waals surface area contributed by atoms with Crippen LogP contribution in [0.5, 0.6) is 0 Å². The zero-order valence-corrected chi connectivity index (χ0v) is 13.0. The number of nitrogens with zero attached hydrogens (tertiary/aromatic N) is 3. The number of hydrogen-bond donors (Lipinski definition) is 1. The Balaban J connectivity index is 2.03. The Bertz CT molecular complexity index is 920. The van der Waals surface area contributed by atoms with Crippen molar-refractivity contribution in [1.29, 1.82) is 0 Å². The topological polar surface area (TPSA) is 59.8 Å². The second-order valence-electron chi connectivity index (χ2n) is 5.38. The summed E-state index contributed by atoms with van der Waals surface area (Å²) in [6.07, 6.45) is 2.48. The van der Waals surface area contributed by atoms with Crippen LogP contribution in [0.15, 0.2) is 41.3 Å². The van der Waals surface area contributed by atoms with E-state index in [-0.39, 0.29) is 11.4 Å². The van der Waals surface area contributed by atoms with Crippen molar-refractivity contribution in [2.75, 3.05) is 5.32 Å². The minimum Gasteiger partial charge on any atom is -0.324 e. The first kappa shape index (κ1) is 15.1. The molecule has 1 aromatic carbocycles. The van der Waals surface area contributed by atoms with Crippen molar-refractivity contribution in [2.45, 2.75) is 26.8 Å². The molecule has 0 amide bonds. The number of aromatic nitrogens is 3. The van der Waals surface area contributed by atoms with Crippen LogP contribution >= 0.6 is 0 Å². The van der Waals surface area contributed by atoms with Crippen molar-refractivity contribution >= 4 is 22.7 Å². The van der Waals surface area contributed by atoms with Crippen LogP contribution in [0.25, 0.3) is 11.0 Å². The molecular weight excluding hydrogens is 295 g/mol. The summed E-state index contributed by atoms with van der Waals surface area (Å²) in [5, 5.41) is 3.77. The standard InChI is InChI=1S/C17H17FN4O/c1-3-8-22-15(23)7-5-12-10-19-17(21-16(12)22)20-13-6-4-11(2)14(18)9-13/h4-7,9-10H,3,8H2,1-2H3,(H,19,20,21). The highest BCUT2D eigenvalue weighted by molar-refractivity contribution is 5.75. The first-order valence-corrected chi connectivity index (χ1v) is 7.48. The lowest BCUT2D eigenvalue weighted by molar-refractivity contribution is 0.619. The molecule has 0 saturated carbocycles. The molecule has 1 N–H and O–H groups in total. The SMILES string of the molecule is CCCn1c(=O)ccc2cnc(Nc3ccc(C)c(F)c3)nc21. The molecule has 0 radical (unpaired) electrons. The molecule has 3 rings (SSSR count). The molecule has 0 saturated heterocycles. The minimum atomic E-state index is -0.293. The van der Waals surface area contributed by atoms with Crippen LogP contribution in [0, 0.1) is 12.7 Å². The summed E-state index contributed by atoms with van der Waals surface area (Å²) in [7, 11) is 0. The van der Waals surface area contributed by atoms with E-state index in [1.165, 1.54) is 12.1 Å². The van der Waals surface area contributed by atoms with Crippen molar-refractivity contribution < 1.29 is 4.39 Å². The molecule has 0 aliphatic rings. The number of anilines is 2. The quantitative estimate of drug-likeness (QED) is 0.802. The highest BCUT2D eigenvalue weighted by atomic mass is 19.1. The van der Waals surface area contributed by atoms with Crippen LogP contribution in [0.4, 0.5) is 16.0 Å². The maximum Gasteiger partial charge on any atom is 0.252 e. The Morgan fingerprint density at radius 1 is 1.26 bits per heavy atom. The Labute approximate surface area is 132 Å². The van der Waals surface area contributed by atoms with Crippen LogP contribution in [0.1, 0.15) is 18.9 Å². The first-order valence-electron chi connectivity index (χ1n) is 7.48.